The van der Waals surface area contributed by atoms with E-state index in [0.29, 0.717) is 26.4 Å². The fourth-order valence-corrected chi connectivity index (χ4v) is 2.69. The van der Waals surface area contributed by atoms with Crippen molar-refractivity contribution in [1.82, 2.24) is 0 Å². The van der Waals surface area contributed by atoms with Gasteiger partial charge in [-0.25, -0.2) is 0 Å². The summed E-state index contributed by atoms with van der Waals surface area (Å²) in [6.45, 7) is 10.7. The minimum absolute atomic E-state index is 0.0837. The maximum Gasteiger partial charge on any atom is 0.306 e. The van der Waals surface area contributed by atoms with Crippen molar-refractivity contribution in [3.63, 3.8) is 0 Å². The van der Waals surface area contributed by atoms with Gasteiger partial charge < -0.3 is 36.9 Å². The number of hydrogen-bond donors (Lipinski definition) is 0. The molecular weight excluding hydrogens is 544 g/mol. The monoisotopic (exact) mass is 608 g/mol. The summed E-state index contributed by atoms with van der Waals surface area (Å²) in [5, 5.41) is 0. The molecule has 0 atom stereocenters. The number of esters is 4. The number of hydrogen-bond acceptors (Lipinski definition) is 8. The number of ether oxygens (including phenoxy) is 4. The number of carbonyl (C=O) groups excluding carboxylic acids is 4. The minimum atomic E-state index is -0.345. The summed E-state index contributed by atoms with van der Waals surface area (Å²) in [5.41, 5.74) is 0. The number of quaternary nitrogens is 4. The molecule has 0 aliphatic carbocycles. The average molecular weight is 609 g/mol. The van der Waals surface area contributed by atoms with E-state index in [2.05, 4.69) is 42.0 Å². The van der Waals surface area contributed by atoms with Crippen molar-refractivity contribution in [1.29, 1.82) is 0 Å². The highest BCUT2D eigenvalue weighted by Gasteiger charge is 2.16. The van der Waals surface area contributed by atoms with Gasteiger partial charge in [-0.2, -0.15) is 0 Å². The third-order valence-corrected chi connectivity index (χ3v) is 6.75. The zero-order chi connectivity index (χ0) is 33.0. The van der Waals surface area contributed by atoms with Gasteiger partial charge in [-0.05, 0) is 13.8 Å². The third kappa shape index (κ3) is 29.2. The molecule has 0 fully saturated rings. The van der Waals surface area contributed by atoms with Crippen LogP contribution in [-0.2, 0) is 38.1 Å². The van der Waals surface area contributed by atoms with Crippen LogP contribution in [0.25, 0.3) is 0 Å². The topological polar surface area (TPSA) is 105 Å². The maximum absolute atomic E-state index is 11.6. The molecule has 0 N–H and O–H groups in total. The summed E-state index contributed by atoms with van der Waals surface area (Å²) in [6, 6.07) is 0. The lowest BCUT2D eigenvalue weighted by molar-refractivity contribution is -0.888. The lowest BCUT2D eigenvalue weighted by atomic mass is 10.3. The van der Waals surface area contributed by atoms with Gasteiger partial charge in [0.05, 0.1) is 109 Å². The Morgan fingerprint density at radius 1 is 0.405 bits per heavy atom. The van der Waals surface area contributed by atoms with Crippen molar-refractivity contribution in [2.45, 2.75) is 39.5 Å². The van der Waals surface area contributed by atoms with E-state index in [1.165, 1.54) is 0 Å². The fourth-order valence-electron chi connectivity index (χ4n) is 2.69. The van der Waals surface area contributed by atoms with E-state index >= 15 is 0 Å². The molecule has 12 nitrogen and oxygen atoms in total. The first-order chi connectivity index (χ1) is 19.1. The number of nitrogens with zero attached hydrogens (tertiary/aromatic N) is 4. The Kier molecular flexibility index (Phi) is 20.5. The second-order valence-corrected chi connectivity index (χ2v) is 13.9. The molecule has 0 unspecified atom stereocenters. The standard InChI is InChI=1S/C16H34N2O4.C14H30N2O4/c1-7-17(3,4)11-13-21-15(19)9-10-16(20)22-14-12-18(5,6)8-2;1-15(2,3)9-11-19-13(17)7-8-14(18)20-12-10-16(4,5)6/h7-14H2,1-6H3;7-12H2,1-6H3/q2*+2. The molecule has 0 bridgehead atoms. The van der Waals surface area contributed by atoms with Crippen LogP contribution in [0, 0.1) is 0 Å². The number of rotatable bonds is 20. The van der Waals surface area contributed by atoms with Crippen LogP contribution >= 0.6 is 0 Å². The van der Waals surface area contributed by atoms with Crippen molar-refractivity contribution < 1.29 is 56.1 Å². The molecular formula is C30H64N4O8+4. The molecule has 0 aromatic carbocycles. The Balaban J connectivity index is 0. The second kappa shape index (κ2) is 20.6. The van der Waals surface area contributed by atoms with E-state index < -0.39 is 0 Å². The summed E-state index contributed by atoms with van der Waals surface area (Å²) in [4.78, 5) is 46.0. The zero-order valence-electron chi connectivity index (χ0n) is 29.0. The van der Waals surface area contributed by atoms with Gasteiger partial charge in [0, 0.05) is 0 Å². The van der Waals surface area contributed by atoms with E-state index in [9.17, 15) is 19.2 Å². The van der Waals surface area contributed by atoms with Gasteiger partial charge >= 0.3 is 23.9 Å². The zero-order valence-corrected chi connectivity index (χ0v) is 29.0. The number of likely N-dealkylation sites (N-methyl/N-ethyl adjacent to an activating group) is 4. The maximum atomic E-state index is 11.6. The molecule has 0 aliphatic heterocycles. The summed E-state index contributed by atoms with van der Waals surface area (Å²) in [5.74, 6) is -1.36. The van der Waals surface area contributed by atoms with Gasteiger partial charge in [0.15, 0.2) is 0 Å². The highest BCUT2D eigenvalue weighted by Crippen LogP contribution is 2.01. The molecule has 0 saturated carbocycles. The van der Waals surface area contributed by atoms with Gasteiger partial charge in [-0.1, -0.05) is 0 Å². The van der Waals surface area contributed by atoms with E-state index in [1.54, 1.807) is 0 Å². The van der Waals surface area contributed by atoms with Gasteiger partial charge in [0.1, 0.15) is 52.6 Å². The molecule has 0 aromatic heterocycles. The van der Waals surface area contributed by atoms with Crippen molar-refractivity contribution in [3.8, 4) is 0 Å². The Labute approximate surface area is 255 Å². The molecule has 0 amide bonds. The van der Waals surface area contributed by atoms with Gasteiger partial charge in [0.25, 0.3) is 0 Å². The van der Waals surface area contributed by atoms with Gasteiger partial charge in [0.2, 0.25) is 0 Å². The van der Waals surface area contributed by atoms with E-state index in [-0.39, 0.29) is 49.6 Å². The molecule has 0 aromatic rings. The van der Waals surface area contributed by atoms with Crippen LogP contribution in [0.3, 0.4) is 0 Å². The summed E-state index contributed by atoms with van der Waals surface area (Å²) in [7, 11) is 20.5. The lowest BCUT2D eigenvalue weighted by Gasteiger charge is -2.27. The van der Waals surface area contributed by atoms with Gasteiger partial charge in [-0.15, -0.1) is 0 Å². The SMILES string of the molecule is CC[N+](C)(C)CCOC(=O)CCC(=O)OCC[N+](C)(C)CC.C[N+](C)(C)CCOC(=O)CCC(=O)OCC[N+](C)(C)C. The highest BCUT2D eigenvalue weighted by molar-refractivity contribution is 5.78. The van der Waals surface area contributed by atoms with Crippen LogP contribution in [0.4, 0.5) is 0 Å². The second-order valence-electron chi connectivity index (χ2n) is 13.9. The molecule has 12 heteroatoms. The Morgan fingerprint density at radius 3 is 0.810 bits per heavy atom. The van der Waals surface area contributed by atoms with E-state index in [0.717, 1.165) is 57.2 Å². The molecule has 248 valence electrons. The Hall–Kier alpha value is -2.28. The minimum Gasteiger partial charge on any atom is -0.460 e. The first-order valence-electron chi connectivity index (χ1n) is 15.0. The van der Waals surface area contributed by atoms with Crippen LogP contribution in [0.15, 0.2) is 0 Å². The molecule has 0 saturated heterocycles. The largest absolute Gasteiger partial charge is 0.460 e. The first kappa shape index (κ1) is 41.9. The van der Waals surface area contributed by atoms with Crippen LogP contribution in [0.1, 0.15) is 39.5 Å². The fraction of sp³-hybridized carbons (Fsp3) is 0.867. The van der Waals surface area contributed by atoms with Crippen molar-refractivity contribution >= 4 is 23.9 Å². The third-order valence-electron chi connectivity index (χ3n) is 6.75. The summed E-state index contributed by atoms with van der Waals surface area (Å²) < 4.78 is 23.5. The normalized spacial score (nSPS) is 12.1. The van der Waals surface area contributed by atoms with Crippen LogP contribution in [0.2, 0.25) is 0 Å². The quantitative estimate of drug-likeness (QED) is 0.116. The molecule has 0 heterocycles. The predicted octanol–water partition coefficient (Wildman–Crippen LogP) is 1.31. The van der Waals surface area contributed by atoms with E-state index in [1.807, 2.05) is 42.3 Å². The molecule has 0 spiro atoms. The molecule has 42 heavy (non-hydrogen) atoms. The average Bonchev–Trinajstić information content (AvgIpc) is 2.85. The Morgan fingerprint density at radius 2 is 0.619 bits per heavy atom. The molecule has 0 radical (unpaired) electrons. The number of carbonyl (C=O) groups is 4. The van der Waals surface area contributed by atoms with E-state index in [4.69, 9.17) is 18.9 Å². The first-order valence-corrected chi connectivity index (χ1v) is 15.0. The van der Waals surface area contributed by atoms with Crippen molar-refractivity contribution in [3.05, 3.63) is 0 Å². The smallest absolute Gasteiger partial charge is 0.306 e. The lowest BCUT2D eigenvalue weighted by Crippen LogP contribution is -2.42. The Bertz CT molecular complexity index is 736. The van der Waals surface area contributed by atoms with Gasteiger partial charge in [-0.3, -0.25) is 19.2 Å². The predicted molar refractivity (Wildman–Crippen MR) is 163 cm³/mol. The van der Waals surface area contributed by atoms with Crippen LogP contribution in [0.5, 0.6) is 0 Å². The summed E-state index contributed by atoms with van der Waals surface area (Å²) in [6.07, 6.45) is 0.343. The van der Waals surface area contributed by atoms with Crippen LogP contribution in [-0.4, -0.2) is 178 Å². The van der Waals surface area contributed by atoms with Crippen LogP contribution < -0.4 is 0 Å². The molecule has 0 rings (SSSR count). The summed E-state index contributed by atoms with van der Waals surface area (Å²) >= 11 is 0. The van der Waals surface area contributed by atoms with Crippen molar-refractivity contribution in [2.75, 3.05) is 136 Å². The highest BCUT2D eigenvalue weighted by atomic mass is 16.5. The molecule has 0 aliphatic rings. The van der Waals surface area contributed by atoms with Crippen molar-refractivity contribution in [2.24, 2.45) is 0 Å².